The highest BCUT2D eigenvalue weighted by atomic mass is 16.4. The minimum absolute atomic E-state index is 0.0208. The molecule has 2 aliphatic rings. The molecule has 1 fully saturated rings. The monoisotopic (exact) mass is 448 g/mol. The van der Waals surface area contributed by atoms with E-state index in [2.05, 4.69) is 5.32 Å². The number of β-amino-alcohol motifs (C(OH)–C–C–N with tert-alkyl or cyclic N) is 1. The topological polar surface area (TPSA) is 170 Å². The number of benzene rings is 1. The molecular weight excluding hydrogens is 420 g/mol. The number of likely N-dealkylation sites (tertiary alicyclic amines) is 1. The fourth-order valence-corrected chi connectivity index (χ4v) is 3.48. The van der Waals surface area contributed by atoms with Gasteiger partial charge in [0.05, 0.1) is 24.3 Å². The maximum atomic E-state index is 12.7. The molecule has 2 aliphatic heterocycles. The maximum absolute atomic E-state index is 12.7. The van der Waals surface area contributed by atoms with Crippen LogP contribution < -0.4 is 11.1 Å². The quantitative estimate of drug-likeness (QED) is 0.433. The van der Waals surface area contributed by atoms with Crippen molar-refractivity contribution in [1.82, 2.24) is 9.80 Å². The molecule has 1 aromatic carbocycles. The van der Waals surface area contributed by atoms with E-state index < -0.39 is 41.7 Å². The number of carbonyl (C=O) groups excluding carboxylic acids is 4. The van der Waals surface area contributed by atoms with E-state index in [1.807, 2.05) is 0 Å². The van der Waals surface area contributed by atoms with E-state index in [1.54, 1.807) is 39.1 Å². The molecule has 174 valence electrons. The molecule has 0 bridgehead atoms. The second-order valence-electron chi connectivity index (χ2n) is 7.73. The summed E-state index contributed by atoms with van der Waals surface area (Å²) in [6.45, 7) is 3.05. The molecule has 1 unspecified atom stereocenters. The predicted octanol–water partition coefficient (Wildman–Crippen LogP) is -0.111. The van der Waals surface area contributed by atoms with Crippen molar-refractivity contribution in [2.75, 3.05) is 25.5 Å². The summed E-state index contributed by atoms with van der Waals surface area (Å²) in [5, 5.41) is 20.1. The standard InChI is InChI=1S/C16H17N3O5.C5H11NO2/c1-17-10-4-2-3-9-13(10)16(24)19(14(9)22)11-5-6-12(21)18(7-8-20)15(11)23;1-3(2)4(6)5(7)8/h2-4,11,17,20H,5-8H2,1H3;3-4H,6H2,1-2H3,(H,7,8)/t;4-/m.0/s1. The van der Waals surface area contributed by atoms with Crippen molar-refractivity contribution in [2.45, 2.75) is 38.8 Å². The van der Waals surface area contributed by atoms with Gasteiger partial charge in [-0.15, -0.1) is 0 Å². The van der Waals surface area contributed by atoms with Gasteiger partial charge < -0.3 is 21.3 Å². The van der Waals surface area contributed by atoms with Crippen molar-refractivity contribution in [3.05, 3.63) is 29.3 Å². The minimum Gasteiger partial charge on any atom is -0.480 e. The number of carboxylic acids is 1. The second-order valence-corrected chi connectivity index (χ2v) is 7.73. The van der Waals surface area contributed by atoms with E-state index >= 15 is 0 Å². The van der Waals surface area contributed by atoms with Crippen molar-refractivity contribution in [1.29, 1.82) is 0 Å². The van der Waals surface area contributed by atoms with Crippen LogP contribution in [0.4, 0.5) is 5.69 Å². The third-order valence-electron chi connectivity index (χ3n) is 5.34. The molecule has 0 aromatic heterocycles. The van der Waals surface area contributed by atoms with Gasteiger partial charge in [-0.3, -0.25) is 33.8 Å². The zero-order valence-electron chi connectivity index (χ0n) is 18.2. The van der Waals surface area contributed by atoms with Gasteiger partial charge in [0.25, 0.3) is 17.7 Å². The number of anilines is 1. The fraction of sp³-hybridized carbons (Fsp3) is 0.476. The molecule has 3 rings (SSSR count). The summed E-state index contributed by atoms with van der Waals surface area (Å²) in [6.07, 6.45) is 0.142. The lowest BCUT2D eigenvalue weighted by Crippen LogP contribution is -2.56. The normalized spacial score (nSPS) is 19.0. The van der Waals surface area contributed by atoms with Crippen LogP contribution in [0.5, 0.6) is 0 Å². The Labute approximate surface area is 185 Å². The van der Waals surface area contributed by atoms with Crippen molar-refractivity contribution in [3.63, 3.8) is 0 Å². The van der Waals surface area contributed by atoms with E-state index in [9.17, 15) is 24.0 Å². The minimum atomic E-state index is -1.02. The SMILES string of the molecule is CC(C)[C@H](N)C(=O)O.CNc1cccc2c1C(=O)N(C1CCC(=O)N(CCO)C1=O)C2=O. The molecule has 4 amide bonds. The number of rotatable bonds is 6. The number of fused-ring (bicyclic) bond motifs is 1. The molecule has 1 aromatic rings. The van der Waals surface area contributed by atoms with Gasteiger partial charge in [0.2, 0.25) is 5.91 Å². The Balaban J connectivity index is 0.000000390. The van der Waals surface area contributed by atoms with Gasteiger partial charge >= 0.3 is 5.97 Å². The molecule has 2 atom stereocenters. The number of aliphatic carboxylic acids is 1. The number of aliphatic hydroxyl groups is 1. The van der Waals surface area contributed by atoms with Crippen LogP contribution in [0.1, 0.15) is 47.4 Å². The molecule has 2 heterocycles. The van der Waals surface area contributed by atoms with Crippen LogP contribution in [0, 0.1) is 5.92 Å². The average molecular weight is 448 g/mol. The highest BCUT2D eigenvalue weighted by Gasteiger charge is 2.47. The van der Waals surface area contributed by atoms with Crippen LogP contribution in [-0.2, 0) is 14.4 Å². The van der Waals surface area contributed by atoms with Gasteiger partial charge in [-0.2, -0.15) is 0 Å². The Bertz CT molecular complexity index is 931. The first-order valence-corrected chi connectivity index (χ1v) is 10.2. The lowest BCUT2D eigenvalue weighted by Gasteiger charge is -2.34. The number of piperidine rings is 1. The highest BCUT2D eigenvalue weighted by Crippen LogP contribution is 2.32. The lowest BCUT2D eigenvalue weighted by atomic mass is 10.0. The largest absolute Gasteiger partial charge is 0.480 e. The van der Waals surface area contributed by atoms with Gasteiger partial charge in [0.1, 0.15) is 12.1 Å². The van der Waals surface area contributed by atoms with Crippen molar-refractivity contribution in [2.24, 2.45) is 11.7 Å². The van der Waals surface area contributed by atoms with E-state index in [0.29, 0.717) is 5.69 Å². The average Bonchev–Trinajstić information content (AvgIpc) is 3.01. The first kappa shape index (κ1) is 25.0. The first-order valence-electron chi connectivity index (χ1n) is 10.2. The molecule has 0 spiro atoms. The number of nitrogens with zero attached hydrogens (tertiary/aromatic N) is 2. The predicted molar refractivity (Wildman–Crippen MR) is 114 cm³/mol. The number of amides is 4. The second kappa shape index (κ2) is 10.3. The first-order chi connectivity index (χ1) is 15.1. The van der Waals surface area contributed by atoms with Crippen LogP contribution in [0.25, 0.3) is 0 Å². The molecule has 1 saturated heterocycles. The number of aliphatic hydroxyl groups excluding tert-OH is 1. The fourth-order valence-electron chi connectivity index (χ4n) is 3.48. The molecule has 5 N–H and O–H groups in total. The summed E-state index contributed by atoms with van der Waals surface area (Å²) >= 11 is 0. The smallest absolute Gasteiger partial charge is 0.320 e. The molecule has 0 saturated carbocycles. The summed E-state index contributed by atoms with van der Waals surface area (Å²) in [4.78, 5) is 61.6. The molecule has 11 heteroatoms. The number of imide groups is 2. The van der Waals surface area contributed by atoms with Gasteiger partial charge in [0, 0.05) is 19.2 Å². The Kier molecular flexibility index (Phi) is 8.06. The summed E-state index contributed by atoms with van der Waals surface area (Å²) in [6, 6.07) is 3.14. The van der Waals surface area contributed by atoms with Gasteiger partial charge in [-0.05, 0) is 24.5 Å². The molecule has 0 radical (unpaired) electrons. The molecular formula is C21H28N4O7. The Hall–Kier alpha value is -3.31. The van der Waals surface area contributed by atoms with Crippen molar-refractivity contribution >= 4 is 35.3 Å². The van der Waals surface area contributed by atoms with Crippen LogP contribution in [0.2, 0.25) is 0 Å². The van der Waals surface area contributed by atoms with Crippen LogP contribution in [0.15, 0.2) is 18.2 Å². The third kappa shape index (κ3) is 4.78. The summed E-state index contributed by atoms with van der Waals surface area (Å²) in [5.74, 6) is -3.02. The van der Waals surface area contributed by atoms with Crippen molar-refractivity contribution in [3.8, 4) is 0 Å². The lowest BCUT2D eigenvalue weighted by molar-refractivity contribution is -0.152. The van der Waals surface area contributed by atoms with Crippen molar-refractivity contribution < 1.29 is 34.2 Å². The number of carboxylic acid groups (broad SMARTS) is 1. The van der Waals surface area contributed by atoms with E-state index in [1.165, 1.54) is 0 Å². The number of nitrogens with one attached hydrogen (secondary N) is 1. The Morgan fingerprint density at radius 2 is 1.88 bits per heavy atom. The number of hydrogen-bond acceptors (Lipinski definition) is 8. The van der Waals surface area contributed by atoms with E-state index in [-0.39, 0.29) is 43.0 Å². The zero-order valence-corrected chi connectivity index (χ0v) is 18.2. The van der Waals surface area contributed by atoms with Gasteiger partial charge in [-0.25, -0.2) is 0 Å². The number of carbonyl (C=O) groups is 5. The van der Waals surface area contributed by atoms with Crippen LogP contribution in [0.3, 0.4) is 0 Å². The third-order valence-corrected chi connectivity index (χ3v) is 5.34. The van der Waals surface area contributed by atoms with E-state index in [0.717, 1.165) is 9.80 Å². The Morgan fingerprint density at radius 3 is 2.38 bits per heavy atom. The molecule has 0 aliphatic carbocycles. The number of nitrogens with two attached hydrogens (primary N) is 1. The van der Waals surface area contributed by atoms with Crippen LogP contribution >= 0.6 is 0 Å². The van der Waals surface area contributed by atoms with Gasteiger partial charge in [-0.1, -0.05) is 19.9 Å². The summed E-state index contributed by atoms with van der Waals surface area (Å²) in [5.41, 5.74) is 6.15. The maximum Gasteiger partial charge on any atom is 0.320 e. The van der Waals surface area contributed by atoms with Crippen LogP contribution in [-0.4, -0.2) is 81.9 Å². The summed E-state index contributed by atoms with van der Waals surface area (Å²) in [7, 11) is 1.64. The highest BCUT2D eigenvalue weighted by molar-refractivity contribution is 6.25. The molecule has 11 nitrogen and oxygen atoms in total. The van der Waals surface area contributed by atoms with Gasteiger partial charge in [0.15, 0.2) is 0 Å². The number of hydrogen-bond donors (Lipinski definition) is 4. The van der Waals surface area contributed by atoms with E-state index in [4.69, 9.17) is 15.9 Å². The Morgan fingerprint density at radius 1 is 1.22 bits per heavy atom. The molecule has 32 heavy (non-hydrogen) atoms. The summed E-state index contributed by atoms with van der Waals surface area (Å²) < 4.78 is 0. The zero-order chi connectivity index (χ0) is 24.2.